The largest absolute Gasteiger partial charge is 0.383 e. The molecule has 0 saturated carbocycles. The van der Waals surface area contributed by atoms with Crippen LogP contribution in [0.4, 0.5) is 0 Å². The second-order valence-corrected chi connectivity index (χ2v) is 5.40. The highest BCUT2D eigenvalue weighted by Gasteiger charge is 2.15. The Labute approximate surface area is 132 Å². The number of aryl methyl sites for hydroxylation is 1. The number of carbonyl (C=O) groups excluding carboxylic acids is 1. The smallest absolute Gasteiger partial charge is 0.227 e. The molecule has 0 unspecified atom stereocenters. The summed E-state index contributed by atoms with van der Waals surface area (Å²) in [5, 5.41) is 0. The van der Waals surface area contributed by atoms with Crippen molar-refractivity contribution in [2.45, 2.75) is 19.9 Å². The van der Waals surface area contributed by atoms with Crippen molar-refractivity contribution < 1.29 is 9.53 Å². The van der Waals surface area contributed by atoms with Crippen LogP contribution in [0, 0.1) is 6.92 Å². The molecule has 0 N–H and O–H groups in total. The fourth-order valence-corrected chi connectivity index (χ4v) is 2.38. The summed E-state index contributed by atoms with van der Waals surface area (Å²) in [7, 11) is 1.66. The number of rotatable bonds is 7. The molecule has 0 aromatic heterocycles. The molecule has 2 rings (SSSR count). The van der Waals surface area contributed by atoms with E-state index in [1.54, 1.807) is 7.11 Å². The molecule has 2 aromatic rings. The molecule has 3 nitrogen and oxygen atoms in total. The summed E-state index contributed by atoms with van der Waals surface area (Å²) in [5.74, 6) is 0.134. The van der Waals surface area contributed by atoms with Gasteiger partial charge in [0.15, 0.2) is 0 Å². The van der Waals surface area contributed by atoms with Gasteiger partial charge in [0.2, 0.25) is 5.91 Å². The minimum absolute atomic E-state index is 0.134. The molecular formula is C19H23NO2. The zero-order valence-corrected chi connectivity index (χ0v) is 13.3. The van der Waals surface area contributed by atoms with E-state index in [-0.39, 0.29) is 5.91 Å². The van der Waals surface area contributed by atoms with Crippen LogP contribution in [0.2, 0.25) is 0 Å². The number of amides is 1. The molecule has 0 bridgehead atoms. The Hall–Kier alpha value is -2.13. The van der Waals surface area contributed by atoms with Crippen LogP contribution in [0.1, 0.15) is 16.7 Å². The van der Waals surface area contributed by atoms with Gasteiger partial charge < -0.3 is 9.64 Å². The molecule has 0 heterocycles. The molecule has 0 spiro atoms. The SMILES string of the molecule is COCCN(Cc1ccccc1)C(=O)Cc1ccccc1C. The standard InChI is InChI=1S/C19H23NO2/c1-16-8-6-7-11-18(16)14-19(21)20(12-13-22-2)15-17-9-4-3-5-10-17/h3-11H,12-15H2,1-2H3. The maximum Gasteiger partial charge on any atom is 0.227 e. The average Bonchev–Trinajstić information content (AvgIpc) is 2.54. The molecule has 0 fully saturated rings. The van der Waals surface area contributed by atoms with Crippen LogP contribution in [0.5, 0.6) is 0 Å². The summed E-state index contributed by atoms with van der Waals surface area (Å²) >= 11 is 0. The third kappa shape index (κ3) is 4.71. The highest BCUT2D eigenvalue weighted by molar-refractivity contribution is 5.79. The molecular weight excluding hydrogens is 274 g/mol. The van der Waals surface area contributed by atoms with Gasteiger partial charge in [-0.2, -0.15) is 0 Å². The third-order valence-electron chi connectivity index (χ3n) is 3.74. The highest BCUT2D eigenvalue weighted by Crippen LogP contribution is 2.11. The Balaban J connectivity index is 2.07. The van der Waals surface area contributed by atoms with Crippen LogP contribution >= 0.6 is 0 Å². The summed E-state index contributed by atoms with van der Waals surface area (Å²) in [6, 6.07) is 18.1. The van der Waals surface area contributed by atoms with E-state index in [1.165, 1.54) is 0 Å². The van der Waals surface area contributed by atoms with Crippen LogP contribution in [-0.2, 0) is 22.5 Å². The van der Waals surface area contributed by atoms with Gasteiger partial charge in [0.25, 0.3) is 0 Å². The normalized spacial score (nSPS) is 10.5. The molecule has 0 aliphatic heterocycles. The molecule has 22 heavy (non-hydrogen) atoms. The van der Waals surface area contributed by atoms with E-state index in [4.69, 9.17) is 4.74 Å². The van der Waals surface area contributed by atoms with Crippen LogP contribution in [0.15, 0.2) is 54.6 Å². The topological polar surface area (TPSA) is 29.5 Å². The predicted octanol–water partition coefficient (Wildman–Crippen LogP) is 3.21. The number of benzene rings is 2. The van der Waals surface area contributed by atoms with Crippen molar-refractivity contribution in [3.05, 3.63) is 71.3 Å². The first-order valence-corrected chi connectivity index (χ1v) is 7.56. The lowest BCUT2D eigenvalue weighted by molar-refractivity contribution is -0.131. The zero-order chi connectivity index (χ0) is 15.8. The maximum atomic E-state index is 12.6. The lowest BCUT2D eigenvalue weighted by atomic mass is 10.1. The number of carbonyl (C=O) groups is 1. The van der Waals surface area contributed by atoms with Crippen LogP contribution in [0.3, 0.4) is 0 Å². The second kappa shape index (κ2) is 8.35. The van der Waals surface area contributed by atoms with Crippen molar-refractivity contribution in [1.82, 2.24) is 4.90 Å². The second-order valence-electron chi connectivity index (χ2n) is 5.40. The number of nitrogens with zero attached hydrogens (tertiary/aromatic N) is 1. The third-order valence-corrected chi connectivity index (χ3v) is 3.74. The van der Waals surface area contributed by atoms with Gasteiger partial charge in [-0.25, -0.2) is 0 Å². The van der Waals surface area contributed by atoms with E-state index in [2.05, 4.69) is 0 Å². The lowest BCUT2D eigenvalue weighted by Gasteiger charge is -2.23. The summed E-state index contributed by atoms with van der Waals surface area (Å²) in [6.45, 7) is 3.82. The summed E-state index contributed by atoms with van der Waals surface area (Å²) in [4.78, 5) is 14.5. The molecule has 3 heteroatoms. The molecule has 1 amide bonds. The van der Waals surface area contributed by atoms with Crippen molar-refractivity contribution in [3.63, 3.8) is 0 Å². The number of hydrogen-bond donors (Lipinski definition) is 0. The van der Waals surface area contributed by atoms with Crippen molar-refractivity contribution >= 4 is 5.91 Å². The first-order valence-electron chi connectivity index (χ1n) is 7.56. The lowest BCUT2D eigenvalue weighted by Crippen LogP contribution is -2.34. The van der Waals surface area contributed by atoms with Gasteiger partial charge in [0.05, 0.1) is 13.0 Å². The van der Waals surface area contributed by atoms with E-state index in [9.17, 15) is 4.79 Å². The fourth-order valence-electron chi connectivity index (χ4n) is 2.38. The minimum atomic E-state index is 0.134. The first kappa shape index (κ1) is 16.2. The summed E-state index contributed by atoms with van der Waals surface area (Å²) < 4.78 is 5.14. The Morgan fingerprint density at radius 2 is 1.73 bits per heavy atom. The van der Waals surface area contributed by atoms with Crippen LogP contribution in [-0.4, -0.2) is 31.1 Å². The molecule has 0 radical (unpaired) electrons. The molecule has 116 valence electrons. The molecule has 2 aromatic carbocycles. The van der Waals surface area contributed by atoms with E-state index < -0.39 is 0 Å². The first-order chi connectivity index (χ1) is 10.7. The Morgan fingerprint density at radius 1 is 1.05 bits per heavy atom. The zero-order valence-electron chi connectivity index (χ0n) is 13.3. The van der Waals surface area contributed by atoms with Gasteiger partial charge in [0.1, 0.15) is 0 Å². The monoisotopic (exact) mass is 297 g/mol. The van der Waals surface area contributed by atoms with Crippen LogP contribution < -0.4 is 0 Å². The summed E-state index contributed by atoms with van der Waals surface area (Å²) in [5.41, 5.74) is 3.38. The summed E-state index contributed by atoms with van der Waals surface area (Å²) in [6.07, 6.45) is 0.434. The van der Waals surface area contributed by atoms with E-state index in [0.29, 0.717) is 26.1 Å². The predicted molar refractivity (Wildman–Crippen MR) is 88.6 cm³/mol. The minimum Gasteiger partial charge on any atom is -0.383 e. The van der Waals surface area contributed by atoms with Crippen molar-refractivity contribution in [2.75, 3.05) is 20.3 Å². The molecule has 0 atom stereocenters. The van der Waals surface area contributed by atoms with Gasteiger partial charge >= 0.3 is 0 Å². The van der Waals surface area contributed by atoms with Crippen molar-refractivity contribution in [1.29, 1.82) is 0 Å². The Kier molecular flexibility index (Phi) is 6.16. The molecule has 0 saturated heterocycles. The molecule has 0 aliphatic rings. The number of methoxy groups -OCH3 is 1. The van der Waals surface area contributed by atoms with E-state index >= 15 is 0 Å². The highest BCUT2D eigenvalue weighted by atomic mass is 16.5. The van der Waals surface area contributed by atoms with Gasteiger partial charge in [-0.3, -0.25) is 4.79 Å². The maximum absolute atomic E-state index is 12.6. The Morgan fingerprint density at radius 3 is 2.41 bits per heavy atom. The van der Waals surface area contributed by atoms with Gasteiger partial charge in [-0.1, -0.05) is 54.6 Å². The quantitative estimate of drug-likeness (QED) is 0.785. The Bertz CT molecular complexity index is 595. The van der Waals surface area contributed by atoms with E-state index in [1.807, 2.05) is 66.4 Å². The van der Waals surface area contributed by atoms with Gasteiger partial charge in [-0.15, -0.1) is 0 Å². The molecule has 0 aliphatic carbocycles. The fraction of sp³-hybridized carbons (Fsp3) is 0.316. The van der Waals surface area contributed by atoms with Gasteiger partial charge in [0, 0.05) is 20.2 Å². The number of ether oxygens (including phenoxy) is 1. The van der Waals surface area contributed by atoms with E-state index in [0.717, 1.165) is 16.7 Å². The van der Waals surface area contributed by atoms with Crippen molar-refractivity contribution in [2.24, 2.45) is 0 Å². The number of hydrogen-bond acceptors (Lipinski definition) is 2. The average molecular weight is 297 g/mol. The van der Waals surface area contributed by atoms with Crippen molar-refractivity contribution in [3.8, 4) is 0 Å². The van der Waals surface area contributed by atoms with Crippen LogP contribution in [0.25, 0.3) is 0 Å². The van der Waals surface area contributed by atoms with Gasteiger partial charge in [-0.05, 0) is 23.6 Å².